The summed E-state index contributed by atoms with van der Waals surface area (Å²) >= 11 is 0. The Balaban J connectivity index is 0.000000980. The summed E-state index contributed by atoms with van der Waals surface area (Å²) in [6.07, 6.45) is 6.05. The first-order valence-corrected chi connectivity index (χ1v) is 8.67. The summed E-state index contributed by atoms with van der Waals surface area (Å²) in [5, 5.41) is 8.01. The summed E-state index contributed by atoms with van der Waals surface area (Å²) in [4.78, 5) is 7.25. The lowest BCUT2D eigenvalue weighted by atomic mass is 10.0. The van der Waals surface area contributed by atoms with Crippen LogP contribution in [0.15, 0.2) is 48.9 Å². The normalized spacial score (nSPS) is 22.0. The fraction of sp³-hybridized carbons (Fsp3) is 0.368. The van der Waals surface area contributed by atoms with Crippen molar-refractivity contribution in [2.24, 2.45) is 11.8 Å². The zero-order valence-corrected chi connectivity index (χ0v) is 16.0. The number of benzene rings is 1. The van der Waals surface area contributed by atoms with Crippen molar-refractivity contribution < 1.29 is 0 Å². The Morgan fingerprint density at radius 1 is 1.00 bits per heavy atom. The summed E-state index contributed by atoms with van der Waals surface area (Å²) < 4.78 is 1.91. The van der Waals surface area contributed by atoms with Gasteiger partial charge >= 0.3 is 0 Å². The third-order valence-corrected chi connectivity index (χ3v) is 5.37. The minimum atomic E-state index is 0. The molecule has 2 atom stereocenters. The Morgan fingerprint density at radius 2 is 1.73 bits per heavy atom. The summed E-state index contributed by atoms with van der Waals surface area (Å²) in [6, 6.07) is 10.3. The molecule has 2 fully saturated rings. The first-order valence-electron chi connectivity index (χ1n) is 8.67. The average Bonchev–Trinajstić information content (AvgIpc) is 3.29. The van der Waals surface area contributed by atoms with Crippen molar-refractivity contribution in [1.29, 1.82) is 0 Å². The lowest BCUT2D eigenvalue weighted by Gasteiger charge is -2.16. The molecule has 4 heterocycles. The standard InChI is InChI=1S/C19H21N5.2ClH/c1-2-4-15(5-3-1)18-9-22-24-11-14(6-21-19(18)24)10-23-12-16-7-20-8-17(16)13-23;;/h1-6,9,11,16-17,20H,7-8,10,12-13H2;2*1H/t16-,17+;;. The number of hydrogen-bond acceptors (Lipinski definition) is 4. The van der Waals surface area contributed by atoms with E-state index < -0.39 is 0 Å². The van der Waals surface area contributed by atoms with Gasteiger partial charge in [0, 0.05) is 43.2 Å². The molecule has 2 aliphatic heterocycles. The van der Waals surface area contributed by atoms with Gasteiger partial charge in [0.15, 0.2) is 5.65 Å². The molecule has 0 bridgehead atoms. The Hall–Kier alpha value is -1.66. The van der Waals surface area contributed by atoms with Crippen molar-refractivity contribution in [2.45, 2.75) is 6.54 Å². The van der Waals surface area contributed by atoms with Crippen molar-refractivity contribution in [1.82, 2.24) is 24.8 Å². The minimum Gasteiger partial charge on any atom is -0.316 e. The van der Waals surface area contributed by atoms with Crippen molar-refractivity contribution in [3.8, 4) is 11.1 Å². The predicted molar refractivity (Wildman–Crippen MR) is 108 cm³/mol. The van der Waals surface area contributed by atoms with E-state index in [9.17, 15) is 0 Å². The average molecular weight is 392 g/mol. The van der Waals surface area contributed by atoms with Crippen LogP contribution in [-0.2, 0) is 6.54 Å². The van der Waals surface area contributed by atoms with Crippen molar-refractivity contribution >= 4 is 30.5 Å². The van der Waals surface area contributed by atoms with Gasteiger partial charge in [-0.05, 0) is 30.5 Å². The summed E-state index contributed by atoms with van der Waals surface area (Å²) in [6.45, 7) is 5.72. The maximum Gasteiger partial charge on any atom is 0.162 e. The molecule has 5 nitrogen and oxygen atoms in total. The van der Waals surface area contributed by atoms with E-state index in [0.29, 0.717) is 0 Å². The molecule has 2 aromatic heterocycles. The van der Waals surface area contributed by atoms with Gasteiger partial charge in [0.1, 0.15) is 0 Å². The maximum absolute atomic E-state index is 4.69. The molecule has 1 aromatic carbocycles. The SMILES string of the molecule is Cl.Cl.c1ccc(-c2cnn3cc(CN4C[C@H]5CNC[C@H]5C4)cnc23)cc1. The van der Waals surface area contributed by atoms with Gasteiger partial charge in [0.05, 0.1) is 6.20 Å². The number of likely N-dealkylation sites (tertiary alicyclic amines) is 1. The highest BCUT2D eigenvalue weighted by Gasteiger charge is 2.35. The number of nitrogens with zero attached hydrogens (tertiary/aromatic N) is 4. The van der Waals surface area contributed by atoms with E-state index in [1.807, 2.05) is 35.1 Å². The molecule has 26 heavy (non-hydrogen) atoms. The second-order valence-electron chi connectivity index (χ2n) is 7.03. The van der Waals surface area contributed by atoms with E-state index in [1.54, 1.807) is 0 Å². The van der Waals surface area contributed by atoms with Gasteiger partial charge in [-0.3, -0.25) is 4.90 Å². The van der Waals surface area contributed by atoms with Gasteiger partial charge in [-0.2, -0.15) is 5.10 Å². The molecule has 0 saturated carbocycles. The van der Waals surface area contributed by atoms with Gasteiger partial charge in [-0.15, -0.1) is 24.8 Å². The summed E-state index contributed by atoms with van der Waals surface area (Å²) in [7, 11) is 0. The van der Waals surface area contributed by atoms with Crippen molar-refractivity contribution in [2.75, 3.05) is 26.2 Å². The van der Waals surface area contributed by atoms with Gasteiger partial charge in [-0.1, -0.05) is 30.3 Å². The second kappa shape index (κ2) is 7.92. The Morgan fingerprint density at radius 3 is 2.46 bits per heavy atom. The first-order chi connectivity index (χ1) is 11.9. The third-order valence-electron chi connectivity index (χ3n) is 5.37. The minimum absolute atomic E-state index is 0. The van der Waals surface area contributed by atoms with E-state index in [0.717, 1.165) is 35.2 Å². The van der Waals surface area contributed by atoms with Gasteiger partial charge in [-0.25, -0.2) is 9.50 Å². The van der Waals surface area contributed by atoms with Crippen molar-refractivity contribution in [3.05, 3.63) is 54.5 Å². The quantitative estimate of drug-likeness (QED) is 0.745. The van der Waals surface area contributed by atoms with E-state index >= 15 is 0 Å². The molecular weight excluding hydrogens is 369 g/mol. The van der Waals surface area contributed by atoms with Crippen LogP contribution >= 0.6 is 24.8 Å². The molecule has 2 aliphatic rings. The second-order valence-corrected chi connectivity index (χ2v) is 7.03. The topological polar surface area (TPSA) is 45.5 Å². The monoisotopic (exact) mass is 391 g/mol. The molecule has 2 saturated heterocycles. The molecular formula is C19H23Cl2N5. The highest BCUT2D eigenvalue weighted by atomic mass is 35.5. The molecule has 1 N–H and O–H groups in total. The Kier molecular flexibility index (Phi) is 5.82. The molecule has 0 radical (unpaired) electrons. The predicted octanol–water partition coefficient (Wildman–Crippen LogP) is 2.89. The molecule has 3 aromatic rings. The number of nitrogens with one attached hydrogen (secondary N) is 1. The molecule has 5 rings (SSSR count). The molecule has 0 aliphatic carbocycles. The summed E-state index contributed by atoms with van der Waals surface area (Å²) in [5.41, 5.74) is 4.40. The molecule has 0 amide bonds. The number of aromatic nitrogens is 3. The Bertz CT molecular complexity index is 855. The third kappa shape index (κ3) is 3.45. The highest BCUT2D eigenvalue weighted by molar-refractivity contribution is 5.85. The Labute approximate surface area is 165 Å². The first kappa shape index (κ1) is 19.1. The number of halogens is 2. The van der Waals surface area contributed by atoms with Crippen LogP contribution in [0.1, 0.15) is 5.56 Å². The van der Waals surface area contributed by atoms with Gasteiger partial charge in [0.25, 0.3) is 0 Å². The zero-order valence-electron chi connectivity index (χ0n) is 14.4. The molecule has 0 spiro atoms. The van der Waals surface area contributed by atoms with Crippen LogP contribution in [0.2, 0.25) is 0 Å². The maximum atomic E-state index is 4.69. The van der Waals surface area contributed by atoms with Crippen LogP contribution in [0.5, 0.6) is 0 Å². The van der Waals surface area contributed by atoms with E-state index in [1.165, 1.54) is 31.7 Å². The number of hydrogen-bond donors (Lipinski definition) is 1. The lowest BCUT2D eigenvalue weighted by molar-refractivity contribution is 0.304. The van der Waals surface area contributed by atoms with Crippen LogP contribution in [-0.4, -0.2) is 45.7 Å². The van der Waals surface area contributed by atoms with Crippen molar-refractivity contribution in [3.63, 3.8) is 0 Å². The fourth-order valence-corrected chi connectivity index (χ4v) is 4.16. The fourth-order valence-electron chi connectivity index (χ4n) is 4.16. The van der Waals surface area contributed by atoms with Crippen LogP contribution in [0.25, 0.3) is 16.8 Å². The molecule has 138 valence electrons. The highest BCUT2D eigenvalue weighted by Crippen LogP contribution is 2.28. The van der Waals surface area contributed by atoms with Crippen LogP contribution in [0, 0.1) is 11.8 Å². The van der Waals surface area contributed by atoms with Gasteiger partial charge in [0.2, 0.25) is 0 Å². The molecule has 7 heteroatoms. The largest absolute Gasteiger partial charge is 0.316 e. The smallest absolute Gasteiger partial charge is 0.162 e. The van der Waals surface area contributed by atoms with Crippen LogP contribution in [0.3, 0.4) is 0 Å². The summed E-state index contributed by atoms with van der Waals surface area (Å²) in [5.74, 6) is 1.66. The molecule has 0 unspecified atom stereocenters. The van der Waals surface area contributed by atoms with Crippen LogP contribution < -0.4 is 5.32 Å². The van der Waals surface area contributed by atoms with E-state index in [-0.39, 0.29) is 24.8 Å². The lowest BCUT2D eigenvalue weighted by Crippen LogP contribution is -2.25. The van der Waals surface area contributed by atoms with Crippen LogP contribution in [0.4, 0.5) is 0 Å². The van der Waals surface area contributed by atoms with E-state index in [2.05, 4.69) is 33.6 Å². The zero-order chi connectivity index (χ0) is 15.9. The van der Waals surface area contributed by atoms with E-state index in [4.69, 9.17) is 4.98 Å². The number of rotatable bonds is 3. The van der Waals surface area contributed by atoms with Gasteiger partial charge < -0.3 is 5.32 Å². The number of fused-ring (bicyclic) bond motifs is 2.